The Morgan fingerprint density at radius 3 is 2.56 bits per heavy atom. The van der Waals surface area contributed by atoms with Crippen LogP contribution in [-0.4, -0.2) is 53.4 Å². The van der Waals surface area contributed by atoms with Gasteiger partial charge >= 0.3 is 5.97 Å². The van der Waals surface area contributed by atoms with E-state index in [1.165, 1.54) is 19.3 Å². The molecule has 1 aliphatic rings. The Kier molecular flexibility index (Phi) is 3.40. The first-order valence-electron chi connectivity index (χ1n) is 5.55. The van der Waals surface area contributed by atoms with Gasteiger partial charge in [0, 0.05) is 27.1 Å². The molecule has 1 amide bonds. The average molecular weight is 250 g/mol. The lowest BCUT2D eigenvalue weighted by atomic mass is 10.3. The lowest BCUT2D eigenvalue weighted by molar-refractivity contribution is -0.132. The summed E-state index contributed by atoms with van der Waals surface area (Å²) in [5.74, 6) is 0.383. The maximum atomic E-state index is 11.5. The maximum absolute atomic E-state index is 11.5. The predicted molar refractivity (Wildman–Crippen MR) is 63.2 cm³/mol. The van der Waals surface area contributed by atoms with Gasteiger partial charge in [0.05, 0.1) is 18.9 Å². The summed E-state index contributed by atoms with van der Waals surface area (Å²) in [6, 6.07) is 0. The highest BCUT2D eigenvalue weighted by molar-refractivity contribution is 5.81. The lowest BCUT2D eigenvalue weighted by Crippen LogP contribution is -2.49. The van der Waals surface area contributed by atoms with E-state index in [9.17, 15) is 9.59 Å². The molecule has 96 valence electrons. The second-order valence-electron chi connectivity index (χ2n) is 4.05. The molecule has 0 radical (unpaired) electrons. The minimum atomic E-state index is -0.416. The number of aromatic nitrogens is 2. The highest BCUT2D eigenvalue weighted by Gasteiger charge is 2.22. The van der Waals surface area contributed by atoms with Crippen LogP contribution in [0.1, 0.15) is 6.92 Å². The molecule has 18 heavy (non-hydrogen) atoms. The fourth-order valence-corrected chi connectivity index (χ4v) is 1.62. The molecular weight excluding hydrogens is 236 g/mol. The smallest absolute Gasteiger partial charge is 0.308 e. The van der Waals surface area contributed by atoms with Gasteiger partial charge in [-0.05, 0) is 0 Å². The maximum Gasteiger partial charge on any atom is 0.308 e. The van der Waals surface area contributed by atoms with E-state index in [0.717, 1.165) is 0 Å². The molecule has 1 saturated heterocycles. The number of amides is 1. The van der Waals surface area contributed by atoms with Gasteiger partial charge in [-0.3, -0.25) is 9.59 Å². The van der Waals surface area contributed by atoms with Gasteiger partial charge in [-0.1, -0.05) is 0 Å². The van der Waals surface area contributed by atoms with Crippen LogP contribution in [0.2, 0.25) is 0 Å². The van der Waals surface area contributed by atoms with Crippen LogP contribution in [0.3, 0.4) is 0 Å². The topological polar surface area (TPSA) is 75.6 Å². The number of likely N-dealkylation sites (N-methyl/N-ethyl adjacent to an activating group) is 1. The van der Waals surface area contributed by atoms with E-state index in [2.05, 4.69) is 9.97 Å². The molecule has 1 aromatic heterocycles. The first-order valence-corrected chi connectivity index (χ1v) is 5.55. The summed E-state index contributed by atoms with van der Waals surface area (Å²) in [5.41, 5.74) is 0. The predicted octanol–water partition coefficient (Wildman–Crippen LogP) is -0.320. The lowest BCUT2D eigenvalue weighted by Gasteiger charge is -2.31. The van der Waals surface area contributed by atoms with Crippen LogP contribution >= 0.6 is 0 Å². The average Bonchev–Trinajstić information content (AvgIpc) is 2.33. The third-order valence-electron chi connectivity index (χ3n) is 2.62. The Hall–Kier alpha value is -2.18. The minimum absolute atomic E-state index is 0.0360. The number of ether oxygens (including phenoxy) is 1. The third-order valence-corrected chi connectivity index (χ3v) is 2.62. The molecule has 0 bridgehead atoms. The molecule has 0 aliphatic carbocycles. The third kappa shape index (κ3) is 2.73. The summed E-state index contributed by atoms with van der Waals surface area (Å²) in [4.78, 5) is 33.9. The van der Waals surface area contributed by atoms with Crippen molar-refractivity contribution in [3.05, 3.63) is 12.4 Å². The Labute approximate surface area is 104 Å². The van der Waals surface area contributed by atoms with E-state index in [0.29, 0.717) is 24.8 Å². The fraction of sp³-hybridized carbons (Fsp3) is 0.455. The van der Waals surface area contributed by atoms with Crippen LogP contribution in [0, 0.1) is 0 Å². The monoisotopic (exact) mass is 250 g/mol. The summed E-state index contributed by atoms with van der Waals surface area (Å²) in [7, 11) is 1.77. The Morgan fingerprint density at radius 1 is 1.33 bits per heavy atom. The van der Waals surface area contributed by atoms with Gasteiger partial charge in [-0.15, -0.1) is 0 Å². The summed E-state index contributed by atoms with van der Waals surface area (Å²) in [5, 5.41) is 0. The molecule has 2 heterocycles. The highest BCUT2D eigenvalue weighted by atomic mass is 16.5. The van der Waals surface area contributed by atoms with Crippen LogP contribution in [0.5, 0.6) is 5.75 Å². The number of carbonyl (C=O) groups excluding carboxylic acids is 2. The Balaban J connectivity index is 2.05. The van der Waals surface area contributed by atoms with Crippen molar-refractivity contribution in [2.24, 2.45) is 0 Å². The van der Waals surface area contributed by atoms with E-state index in [1.54, 1.807) is 16.8 Å². The van der Waals surface area contributed by atoms with Crippen LogP contribution in [-0.2, 0) is 9.59 Å². The molecule has 7 heteroatoms. The summed E-state index contributed by atoms with van der Waals surface area (Å²) in [6.07, 6.45) is 2.85. The largest absolute Gasteiger partial charge is 0.423 e. The second kappa shape index (κ2) is 4.99. The second-order valence-corrected chi connectivity index (χ2v) is 4.05. The summed E-state index contributed by atoms with van der Waals surface area (Å²) < 4.78 is 4.84. The first kappa shape index (κ1) is 12.3. The van der Waals surface area contributed by atoms with Crippen LogP contribution in [0.15, 0.2) is 12.4 Å². The summed E-state index contributed by atoms with van der Waals surface area (Å²) >= 11 is 0. The van der Waals surface area contributed by atoms with Crippen molar-refractivity contribution < 1.29 is 14.3 Å². The van der Waals surface area contributed by atoms with Crippen LogP contribution in [0.4, 0.5) is 5.95 Å². The number of piperazine rings is 1. The number of esters is 1. The molecule has 1 aromatic rings. The molecule has 2 rings (SSSR count). The first-order chi connectivity index (χ1) is 8.56. The zero-order chi connectivity index (χ0) is 13.1. The zero-order valence-electron chi connectivity index (χ0n) is 10.3. The van der Waals surface area contributed by atoms with Crippen molar-refractivity contribution >= 4 is 17.8 Å². The molecule has 0 N–H and O–H groups in total. The molecule has 0 unspecified atom stereocenters. The van der Waals surface area contributed by atoms with Gasteiger partial charge < -0.3 is 14.5 Å². The molecule has 0 spiro atoms. The fourth-order valence-electron chi connectivity index (χ4n) is 1.62. The van der Waals surface area contributed by atoms with Gasteiger partial charge in [-0.2, -0.15) is 0 Å². The summed E-state index contributed by atoms with van der Waals surface area (Å²) in [6.45, 7) is 2.92. The van der Waals surface area contributed by atoms with Gasteiger partial charge in [0.15, 0.2) is 5.75 Å². The van der Waals surface area contributed by atoms with Crippen molar-refractivity contribution in [1.82, 2.24) is 14.9 Å². The molecule has 7 nitrogen and oxygen atoms in total. The number of carbonyl (C=O) groups is 2. The Bertz CT molecular complexity index is 460. The van der Waals surface area contributed by atoms with Gasteiger partial charge in [0.25, 0.3) is 0 Å². The molecule has 1 fully saturated rings. The molecule has 0 saturated carbocycles. The van der Waals surface area contributed by atoms with E-state index < -0.39 is 5.97 Å². The number of rotatable bonds is 2. The van der Waals surface area contributed by atoms with Gasteiger partial charge in [0.2, 0.25) is 11.9 Å². The van der Waals surface area contributed by atoms with Crippen molar-refractivity contribution in [3.8, 4) is 5.75 Å². The molecule has 0 aromatic carbocycles. The minimum Gasteiger partial charge on any atom is -0.423 e. The number of nitrogens with zero attached hydrogens (tertiary/aromatic N) is 4. The van der Waals surface area contributed by atoms with Gasteiger partial charge in [0.1, 0.15) is 0 Å². The van der Waals surface area contributed by atoms with Crippen LogP contribution in [0.25, 0.3) is 0 Å². The highest BCUT2D eigenvalue weighted by Crippen LogP contribution is 2.14. The molecule has 1 aliphatic heterocycles. The Morgan fingerprint density at radius 2 is 2.00 bits per heavy atom. The number of anilines is 1. The quantitative estimate of drug-likeness (QED) is 0.670. The number of hydrogen-bond acceptors (Lipinski definition) is 6. The van der Waals surface area contributed by atoms with Crippen molar-refractivity contribution in [2.45, 2.75) is 6.92 Å². The van der Waals surface area contributed by atoms with E-state index in [4.69, 9.17) is 4.74 Å². The van der Waals surface area contributed by atoms with Crippen molar-refractivity contribution in [3.63, 3.8) is 0 Å². The number of hydrogen-bond donors (Lipinski definition) is 0. The van der Waals surface area contributed by atoms with E-state index >= 15 is 0 Å². The van der Waals surface area contributed by atoms with Crippen LogP contribution < -0.4 is 9.64 Å². The van der Waals surface area contributed by atoms with Crippen molar-refractivity contribution in [2.75, 3.05) is 31.6 Å². The normalized spacial score (nSPS) is 15.8. The molecule has 0 atom stereocenters. The SMILES string of the molecule is CC(=O)Oc1cnc(N2CCN(C)C(=O)C2)nc1. The standard InChI is InChI=1S/C11H14N4O3/c1-8(16)18-9-5-12-11(13-6-9)15-4-3-14(2)10(17)7-15/h5-6H,3-4,7H2,1-2H3. The van der Waals surface area contributed by atoms with Gasteiger partial charge in [-0.25, -0.2) is 9.97 Å². The molecular formula is C11H14N4O3. The van der Waals surface area contributed by atoms with Crippen molar-refractivity contribution in [1.29, 1.82) is 0 Å². The zero-order valence-corrected chi connectivity index (χ0v) is 10.3. The van der Waals surface area contributed by atoms with E-state index in [1.807, 2.05) is 0 Å². The van der Waals surface area contributed by atoms with E-state index in [-0.39, 0.29) is 12.5 Å².